The van der Waals surface area contributed by atoms with Crippen LogP contribution in [-0.4, -0.2) is 28.8 Å². The lowest BCUT2D eigenvalue weighted by Crippen LogP contribution is -2.22. The molecule has 10 heteroatoms. The number of fused-ring (bicyclic) bond motifs is 3. The van der Waals surface area contributed by atoms with Gasteiger partial charge in [0.2, 0.25) is 5.78 Å². The minimum absolute atomic E-state index is 0.123. The van der Waals surface area contributed by atoms with E-state index >= 15 is 0 Å². The van der Waals surface area contributed by atoms with Gasteiger partial charge in [0, 0.05) is 17.3 Å². The first-order valence-corrected chi connectivity index (χ1v) is 11.2. The summed E-state index contributed by atoms with van der Waals surface area (Å²) in [5.74, 6) is 0.977. The molecule has 0 aliphatic carbocycles. The topological polar surface area (TPSA) is 78.0 Å². The van der Waals surface area contributed by atoms with Gasteiger partial charge in [-0.15, -0.1) is 15.3 Å². The number of aryl methyl sites for hydroxylation is 1. The molecule has 0 N–H and O–H groups in total. The molecule has 0 aliphatic rings. The minimum atomic E-state index is -0.123. The van der Waals surface area contributed by atoms with Crippen molar-refractivity contribution in [3.05, 3.63) is 74.0 Å². The van der Waals surface area contributed by atoms with Crippen LogP contribution in [0.2, 0.25) is 4.34 Å². The molecule has 3 heterocycles. The van der Waals surface area contributed by atoms with E-state index < -0.39 is 0 Å². The van der Waals surface area contributed by atoms with Crippen LogP contribution in [0.15, 0.2) is 52.4 Å². The molecule has 0 unspecified atom stereocenters. The second kappa shape index (κ2) is 7.50. The quantitative estimate of drug-likeness (QED) is 0.373. The Balaban J connectivity index is 1.78. The molecule has 5 aromatic rings. The lowest BCUT2D eigenvalue weighted by atomic mass is 10.1. The normalized spacial score (nSPS) is 11.6. The van der Waals surface area contributed by atoms with E-state index in [0.717, 1.165) is 33.9 Å². The average Bonchev–Trinajstić information content (AvgIpc) is 3.35. The first-order chi connectivity index (χ1) is 14.6. The molecular formula is C20H15ClN6OS2. The summed E-state index contributed by atoms with van der Waals surface area (Å²) in [6.07, 6.45) is 0. The van der Waals surface area contributed by atoms with Gasteiger partial charge in [-0.3, -0.25) is 9.20 Å². The number of halogens is 1. The Kier molecular flexibility index (Phi) is 4.80. The van der Waals surface area contributed by atoms with Crippen LogP contribution in [0.3, 0.4) is 0 Å². The molecule has 0 amide bonds. The molecular weight excluding hydrogens is 440 g/mol. The van der Waals surface area contributed by atoms with Gasteiger partial charge in [-0.1, -0.05) is 52.1 Å². The minimum Gasteiger partial charge on any atom is -0.268 e. The standard InChI is InChI=1S/C20H15ClN6OS2/c1-11-6-5-9-15(12(11)2)26-18(28)13-7-3-4-8-16(13)27-19(26)23-24-20(27)29-10-14-17(21)30-25-22-14/h3-9H,10H2,1-2H3. The molecule has 0 atom stereocenters. The largest absolute Gasteiger partial charge is 0.268 e. The molecule has 7 nitrogen and oxygen atoms in total. The van der Waals surface area contributed by atoms with E-state index in [1.165, 1.54) is 11.8 Å². The van der Waals surface area contributed by atoms with Gasteiger partial charge in [0.05, 0.1) is 16.6 Å². The van der Waals surface area contributed by atoms with Gasteiger partial charge in [-0.2, -0.15) is 0 Å². The first-order valence-electron chi connectivity index (χ1n) is 9.11. The van der Waals surface area contributed by atoms with Gasteiger partial charge in [-0.25, -0.2) is 4.57 Å². The molecule has 30 heavy (non-hydrogen) atoms. The van der Waals surface area contributed by atoms with E-state index in [4.69, 9.17) is 11.6 Å². The molecule has 0 saturated heterocycles. The zero-order valence-electron chi connectivity index (χ0n) is 16.0. The third-order valence-corrected chi connectivity index (χ3v) is 6.98. The van der Waals surface area contributed by atoms with Crippen molar-refractivity contribution in [2.75, 3.05) is 0 Å². The maximum Gasteiger partial charge on any atom is 0.267 e. The van der Waals surface area contributed by atoms with Crippen molar-refractivity contribution in [1.82, 2.24) is 28.8 Å². The Hall–Kier alpha value is -2.75. The Morgan fingerprint density at radius 1 is 1.07 bits per heavy atom. The highest BCUT2D eigenvalue weighted by Gasteiger charge is 2.19. The Morgan fingerprint density at radius 2 is 1.90 bits per heavy atom. The molecule has 3 aromatic heterocycles. The van der Waals surface area contributed by atoms with Crippen LogP contribution in [0.1, 0.15) is 16.8 Å². The second-order valence-corrected chi connectivity index (χ2v) is 9.08. The monoisotopic (exact) mass is 454 g/mol. The third-order valence-electron chi connectivity index (χ3n) is 5.06. The number of thioether (sulfide) groups is 1. The van der Waals surface area contributed by atoms with Crippen LogP contribution in [-0.2, 0) is 5.75 Å². The van der Waals surface area contributed by atoms with Crippen molar-refractivity contribution in [3.63, 3.8) is 0 Å². The van der Waals surface area contributed by atoms with Gasteiger partial charge in [0.15, 0.2) is 5.16 Å². The van der Waals surface area contributed by atoms with Gasteiger partial charge in [-0.05, 0) is 43.2 Å². The van der Waals surface area contributed by atoms with Crippen LogP contribution in [0.25, 0.3) is 22.4 Å². The Morgan fingerprint density at radius 3 is 2.70 bits per heavy atom. The SMILES string of the molecule is Cc1cccc(-n2c(=O)c3ccccc3n3c(SCc4nnsc4Cl)nnc23)c1C. The second-order valence-electron chi connectivity index (χ2n) is 6.78. The lowest BCUT2D eigenvalue weighted by Gasteiger charge is -2.14. The summed E-state index contributed by atoms with van der Waals surface area (Å²) in [4.78, 5) is 13.4. The number of benzene rings is 2. The molecule has 0 aliphatic heterocycles. The van der Waals surface area contributed by atoms with Gasteiger partial charge in [0.25, 0.3) is 5.56 Å². The number of hydrogen-bond donors (Lipinski definition) is 0. The molecule has 150 valence electrons. The summed E-state index contributed by atoms with van der Waals surface area (Å²) in [6, 6.07) is 13.4. The zero-order valence-corrected chi connectivity index (χ0v) is 18.4. The summed E-state index contributed by atoms with van der Waals surface area (Å²) < 4.78 is 7.99. The fourth-order valence-corrected chi connectivity index (χ4v) is 5.06. The molecule has 0 spiro atoms. The molecule has 0 saturated carbocycles. The van der Waals surface area contributed by atoms with E-state index in [1.807, 2.05) is 60.7 Å². The fourth-order valence-electron chi connectivity index (χ4n) is 3.38. The van der Waals surface area contributed by atoms with Crippen LogP contribution >= 0.6 is 34.9 Å². The zero-order chi connectivity index (χ0) is 20.8. The Bertz CT molecular complexity index is 1470. The van der Waals surface area contributed by atoms with Crippen molar-refractivity contribution in [2.24, 2.45) is 0 Å². The average molecular weight is 455 g/mol. The van der Waals surface area contributed by atoms with Crippen LogP contribution < -0.4 is 5.56 Å². The molecule has 2 aromatic carbocycles. The summed E-state index contributed by atoms with van der Waals surface area (Å²) in [6.45, 7) is 4.03. The van der Waals surface area contributed by atoms with Gasteiger partial charge < -0.3 is 0 Å². The molecule has 0 fully saturated rings. The molecule has 5 rings (SSSR count). The summed E-state index contributed by atoms with van der Waals surface area (Å²) >= 11 is 8.75. The van der Waals surface area contributed by atoms with Crippen molar-refractivity contribution in [2.45, 2.75) is 24.8 Å². The first kappa shape index (κ1) is 19.2. The summed E-state index contributed by atoms with van der Waals surface area (Å²) in [7, 11) is 0. The van der Waals surface area contributed by atoms with Crippen molar-refractivity contribution >= 4 is 51.6 Å². The number of nitrogens with zero attached hydrogens (tertiary/aromatic N) is 6. The van der Waals surface area contributed by atoms with Gasteiger partial charge >= 0.3 is 0 Å². The van der Waals surface area contributed by atoms with Crippen molar-refractivity contribution in [3.8, 4) is 5.69 Å². The van der Waals surface area contributed by atoms with E-state index in [2.05, 4.69) is 19.8 Å². The predicted octanol–water partition coefficient (Wildman–Crippen LogP) is 4.45. The maximum atomic E-state index is 13.4. The number of aromatic nitrogens is 6. The van der Waals surface area contributed by atoms with Crippen LogP contribution in [0, 0.1) is 13.8 Å². The highest BCUT2D eigenvalue weighted by Crippen LogP contribution is 2.29. The number of para-hydroxylation sites is 1. The van der Waals surface area contributed by atoms with E-state index in [0.29, 0.717) is 32.1 Å². The van der Waals surface area contributed by atoms with Gasteiger partial charge in [0.1, 0.15) is 10.0 Å². The van der Waals surface area contributed by atoms with Crippen LogP contribution in [0.4, 0.5) is 0 Å². The highest BCUT2D eigenvalue weighted by molar-refractivity contribution is 7.98. The smallest absolute Gasteiger partial charge is 0.267 e. The van der Waals surface area contributed by atoms with Crippen molar-refractivity contribution < 1.29 is 0 Å². The Labute approximate surface area is 184 Å². The van der Waals surface area contributed by atoms with E-state index in [-0.39, 0.29) is 5.56 Å². The highest BCUT2D eigenvalue weighted by atomic mass is 35.5. The van der Waals surface area contributed by atoms with E-state index in [1.54, 1.807) is 4.57 Å². The summed E-state index contributed by atoms with van der Waals surface area (Å²) in [5.41, 5.74) is 4.26. The fraction of sp³-hybridized carbons (Fsp3) is 0.150. The maximum absolute atomic E-state index is 13.4. The lowest BCUT2D eigenvalue weighted by molar-refractivity contribution is 0.926. The number of hydrogen-bond acceptors (Lipinski definition) is 7. The third kappa shape index (κ3) is 3.01. The van der Waals surface area contributed by atoms with E-state index in [9.17, 15) is 4.79 Å². The van der Waals surface area contributed by atoms with Crippen LogP contribution in [0.5, 0.6) is 0 Å². The summed E-state index contributed by atoms with van der Waals surface area (Å²) in [5, 5.41) is 14.1. The van der Waals surface area contributed by atoms with Crippen molar-refractivity contribution in [1.29, 1.82) is 0 Å². The molecule has 0 bridgehead atoms. The molecule has 0 radical (unpaired) electrons. The predicted molar refractivity (Wildman–Crippen MR) is 120 cm³/mol. The number of rotatable bonds is 4.